The Labute approximate surface area is 86.4 Å². The van der Waals surface area contributed by atoms with Crippen LogP contribution < -0.4 is 0 Å². The number of amides is 2. The largest absolute Gasteiger partial charge is 0.480 e. The van der Waals surface area contributed by atoms with E-state index < -0.39 is 23.8 Å². The maximum absolute atomic E-state index is 11.3. The minimum absolute atomic E-state index is 0.354. The van der Waals surface area contributed by atoms with E-state index in [9.17, 15) is 14.4 Å². The average molecular weight is 209 g/mol. The lowest BCUT2D eigenvalue weighted by Gasteiger charge is -2.22. The number of imide groups is 1. The number of nitrogens with zero attached hydrogens (tertiary/aromatic N) is 1. The fourth-order valence-electron chi connectivity index (χ4n) is 1.70. The van der Waals surface area contributed by atoms with Gasteiger partial charge in [-0.3, -0.25) is 14.5 Å². The van der Waals surface area contributed by atoms with Crippen molar-refractivity contribution in [3.63, 3.8) is 0 Å². The van der Waals surface area contributed by atoms with Crippen molar-refractivity contribution < 1.29 is 19.5 Å². The molecule has 0 saturated heterocycles. The van der Waals surface area contributed by atoms with Crippen LogP contribution in [0.15, 0.2) is 12.2 Å². The molecule has 2 aliphatic rings. The van der Waals surface area contributed by atoms with Crippen molar-refractivity contribution in [2.45, 2.75) is 25.3 Å². The Balaban J connectivity index is 2.12. The second kappa shape index (κ2) is 3.49. The maximum atomic E-state index is 11.3. The van der Waals surface area contributed by atoms with Gasteiger partial charge in [-0.05, 0) is 12.3 Å². The molecule has 1 unspecified atom stereocenters. The van der Waals surface area contributed by atoms with Crippen molar-refractivity contribution in [1.29, 1.82) is 0 Å². The molecule has 5 nitrogen and oxygen atoms in total. The van der Waals surface area contributed by atoms with Gasteiger partial charge in [0.15, 0.2) is 0 Å². The molecule has 0 aromatic carbocycles. The highest BCUT2D eigenvalue weighted by atomic mass is 16.4. The van der Waals surface area contributed by atoms with Crippen molar-refractivity contribution in [3.05, 3.63) is 12.2 Å². The van der Waals surface area contributed by atoms with Crippen molar-refractivity contribution in [3.8, 4) is 0 Å². The molecule has 0 aromatic rings. The van der Waals surface area contributed by atoms with Crippen molar-refractivity contribution in [2.24, 2.45) is 5.92 Å². The van der Waals surface area contributed by atoms with Gasteiger partial charge in [-0.15, -0.1) is 0 Å². The molecule has 0 bridgehead atoms. The maximum Gasteiger partial charge on any atom is 0.326 e. The van der Waals surface area contributed by atoms with E-state index in [1.807, 2.05) is 0 Å². The molecule has 1 heterocycles. The van der Waals surface area contributed by atoms with Gasteiger partial charge in [0, 0.05) is 12.2 Å². The highest BCUT2D eigenvalue weighted by molar-refractivity contribution is 6.14. The molecule has 1 aliphatic carbocycles. The second-order valence-electron chi connectivity index (χ2n) is 3.91. The number of carboxylic acid groups (broad SMARTS) is 1. The van der Waals surface area contributed by atoms with Gasteiger partial charge in [-0.25, -0.2) is 4.79 Å². The average Bonchev–Trinajstić information content (AvgIpc) is 2.92. The lowest BCUT2D eigenvalue weighted by Crippen LogP contribution is -2.45. The highest BCUT2D eigenvalue weighted by Gasteiger charge is 2.39. The highest BCUT2D eigenvalue weighted by Crippen LogP contribution is 2.35. The molecule has 0 aromatic heterocycles. The topological polar surface area (TPSA) is 74.7 Å². The Morgan fingerprint density at radius 1 is 1.40 bits per heavy atom. The Morgan fingerprint density at radius 2 is 1.93 bits per heavy atom. The van der Waals surface area contributed by atoms with Crippen molar-refractivity contribution in [2.75, 3.05) is 0 Å². The molecule has 2 amide bonds. The summed E-state index contributed by atoms with van der Waals surface area (Å²) in [6.07, 6.45) is 4.60. The van der Waals surface area contributed by atoms with Crippen LogP contribution in [-0.2, 0) is 14.4 Å². The molecule has 2 rings (SSSR count). The summed E-state index contributed by atoms with van der Waals surface area (Å²) >= 11 is 0. The van der Waals surface area contributed by atoms with Gasteiger partial charge in [-0.2, -0.15) is 0 Å². The number of rotatable bonds is 4. The molecule has 5 heteroatoms. The predicted molar refractivity (Wildman–Crippen MR) is 49.8 cm³/mol. The van der Waals surface area contributed by atoms with Crippen LogP contribution in [-0.4, -0.2) is 33.8 Å². The number of carbonyl (C=O) groups is 3. The van der Waals surface area contributed by atoms with Crippen LogP contribution in [0, 0.1) is 5.92 Å². The first-order valence-electron chi connectivity index (χ1n) is 4.87. The fourth-order valence-corrected chi connectivity index (χ4v) is 1.70. The van der Waals surface area contributed by atoms with Crippen LogP contribution in [0.5, 0.6) is 0 Å². The van der Waals surface area contributed by atoms with Gasteiger partial charge < -0.3 is 5.11 Å². The lowest BCUT2D eigenvalue weighted by molar-refractivity contribution is -0.153. The van der Waals surface area contributed by atoms with Gasteiger partial charge in [-0.1, -0.05) is 12.8 Å². The smallest absolute Gasteiger partial charge is 0.326 e. The summed E-state index contributed by atoms with van der Waals surface area (Å²) in [4.78, 5) is 34.4. The molecule has 1 atom stereocenters. The SMILES string of the molecule is O=C(O)C(CC1CC1)N1C(=O)C=CC1=O. The van der Waals surface area contributed by atoms with E-state index in [2.05, 4.69) is 0 Å². The molecular weight excluding hydrogens is 198 g/mol. The first-order valence-corrected chi connectivity index (χ1v) is 4.87. The van der Waals surface area contributed by atoms with Gasteiger partial charge >= 0.3 is 5.97 Å². The summed E-state index contributed by atoms with van der Waals surface area (Å²) in [5, 5.41) is 8.97. The number of carboxylic acids is 1. The Hall–Kier alpha value is -1.65. The van der Waals surface area contributed by atoms with E-state index in [1.54, 1.807) is 0 Å². The van der Waals surface area contributed by atoms with Crippen LogP contribution in [0.1, 0.15) is 19.3 Å². The van der Waals surface area contributed by atoms with Gasteiger partial charge in [0.1, 0.15) is 6.04 Å². The van der Waals surface area contributed by atoms with Crippen LogP contribution in [0.4, 0.5) is 0 Å². The first-order chi connectivity index (χ1) is 7.09. The zero-order valence-corrected chi connectivity index (χ0v) is 8.05. The lowest BCUT2D eigenvalue weighted by atomic mass is 10.1. The molecule has 15 heavy (non-hydrogen) atoms. The molecular formula is C10H11NO4. The van der Waals surface area contributed by atoms with Gasteiger partial charge in [0.25, 0.3) is 11.8 Å². The monoisotopic (exact) mass is 209 g/mol. The van der Waals surface area contributed by atoms with Gasteiger partial charge in [0.2, 0.25) is 0 Å². The van der Waals surface area contributed by atoms with E-state index in [4.69, 9.17) is 5.11 Å². The third-order valence-corrected chi connectivity index (χ3v) is 2.69. The van der Waals surface area contributed by atoms with Crippen molar-refractivity contribution in [1.82, 2.24) is 4.90 Å². The van der Waals surface area contributed by atoms with E-state index in [0.717, 1.165) is 29.9 Å². The standard InChI is InChI=1S/C10H11NO4/c12-8-3-4-9(13)11(8)7(10(14)15)5-6-1-2-6/h3-4,6-7H,1-2,5H2,(H,14,15). The third-order valence-electron chi connectivity index (χ3n) is 2.69. The zero-order chi connectivity index (χ0) is 11.0. The molecule has 1 fully saturated rings. The van der Waals surface area contributed by atoms with Crippen LogP contribution >= 0.6 is 0 Å². The number of hydrogen-bond donors (Lipinski definition) is 1. The van der Waals surface area contributed by atoms with Crippen LogP contribution in [0.3, 0.4) is 0 Å². The predicted octanol–water partition coefficient (Wildman–Crippen LogP) is 0.165. The summed E-state index contributed by atoms with van der Waals surface area (Å²) in [7, 11) is 0. The van der Waals surface area contributed by atoms with Crippen molar-refractivity contribution >= 4 is 17.8 Å². The minimum atomic E-state index is -1.10. The Morgan fingerprint density at radius 3 is 2.33 bits per heavy atom. The Kier molecular flexibility index (Phi) is 2.30. The van der Waals surface area contributed by atoms with Crippen LogP contribution in [0.25, 0.3) is 0 Å². The van der Waals surface area contributed by atoms with E-state index in [0.29, 0.717) is 12.3 Å². The first kappa shape index (κ1) is 9.89. The molecule has 1 aliphatic heterocycles. The zero-order valence-electron chi connectivity index (χ0n) is 8.05. The number of hydrogen-bond acceptors (Lipinski definition) is 3. The fraction of sp³-hybridized carbons (Fsp3) is 0.500. The summed E-state index contributed by atoms with van der Waals surface area (Å²) in [5.41, 5.74) is 0. The summed E-state index contributed by atoms with van der Waals surface area (Å²) < 4.78 is 0. The van der Waals surface area contributed by atoms with E-state index >= 15 is 0 Å². The normalized spacial score (nSPS) is 22.3. The molecule has 0 radical (unpaired) electrons. The summed E-state index contributed by atoms with van der Waals surface area (Å²) in [6.45, 7) is 0. The minimum Gasteiger partial charge on any atom is -0.480 e. The quantitative estimate of drug-likeness (QED) is 0.669. The summed E-state index contributed by atoms with van der Waals surface area (Å²) in [6, 6.07) is -0.993. The van der Waals surface area contributed by atoms with Crippen LogP contribution in [0.2, 0.25) is 0 Å². The number of carbonyl (C=O) groups excluding carboxylic acids is 2. The van der Waals surface area contributed by atoms with Gasteiger partial charge in [0.05, 0.1) is 0 Å². The van der Waals surface area contributed by atoms with E-state index in [-0.39, 0.29) is 0 Å². The number of aliphatic carboxylic acids is 1. The third kappa shape index (κ3) is 1.91. The Bertz CT molecular complexity index is 338. The second-order valence-corrected chi connectivity index (χ2v) is 3.91. The molecule has 80 valence electrons. The molecule has 1 saturated carbocycles. The molecule has 1 N–H and O–H groups in total. The van der Waals surface area contributed by atoms with E-state index in [1.165, 1.54) is 0 Å². The summed E-state index contributed by atoms with van der Waals surface area (Å²) in [5.74, 6) is -1.79. The molecule has 0 spiro atoms.